The number of nitrogens with zero attached hydrogens (tertiary/aromatic N) is 2. The van der Waals surface area contributed by atoms with Gasteiger partial charge in [-0.05, 0) is 43.7 Å². The van der Waals surface area contributed by atoms with E-state index in [0.717, 1.165) is 5.56 Å². The van der Waals surface area contributed by atoms with Crippen LogP contribution in [0.4, 0.5) is 0 Å². The van der Waals surface area contributed by atoms with Crippen molar-refractivity contribution < 1.29 is 18.7 Å². The molecule has 1 atom stereocenters. The van der Waals surface area contributed by atoms with Crippen molar-refractivity contribution in [3.05, 3.63) is 76.3 Å². The van der Waals surface area contributed by atoms with Gasteiger partial charge in [-0.15, -0.1) is 0 Å². The summed E-state index contributed by atoms with van der Waals surface area (Å²) in [6.45, 7) is 2.89. The maximum absolute atomic E-state index is 12.5. The average Bonchev–Trinajstić information content (AvgIpc) is 3.33. The van der Waals surface area contributed by atoms with Crippen LogP contribution in [0.5, 0.6) is 0 Å². The van der Waals surface area contributed by atoms with Gasteiger partial charge in [0.05, 0.1) is 6.04 Å². The van der Waals surface area contributed by atoms with Gasteiger partial charge in [-0.25, -0.2) is 4.79 Å². The molecule has 29 heavy (non-hydrogen) atoms. The lowest BCUT2D eigenvalue weighted by Crippen LogP contribution is -2.31. The summed E-state index contributed by atoms with van der Waals surface area (Å²) in [4.78, 5) is 24.6. The number of hydrogen-bond acceptors (Lipinski definition) is 5. The minimum Gasteiger partial charge on any atom is -0.452 e. The van der Waals surface area contributed by atoms with Gasteiger partial charge in [0, 0.05) is 17.4 Å². The van der Waals surface area contributed by atoms with Gasteiger partial charge in [-0.2, -0.15) is 5.26 Å². The summed E-state index contributed by atoms with van der Waals surface area (Å²) in [7, 11) is 0. The third-order valence-corrected chi connectivity index (χ3v) is 4.55. The number of aromatic nitrogens is 1. The van der Waals surface area contributed by atoms with Crippen molar-refractivity contribution in [2.75, 3.05) is 6.61 Å². The molecule has 7 nitrogen and oxygen atoms in total. The van der Waals surface area contributed by atoms with E-state index in [2.05, 4.69) is 5.32 Å². The number of carbonyl (C=O) groups is 2. The molecule has 0 fully saturated rings. The maximum Gasteiger partial charge on any atom is 0.343 e. The van der Waals surface area contributed by atoms with Crippen LogP contribution in [0.15, 0.2) is 53.2 Å². The molecule has 0 unspecified atom stereocenters. The lowest BCUT2D eigenvalue weighted by atomic mass is 10.1. The number of esters is 1. The van der Waals surface area contributed by atoms with Crippen LogP contribution in [0, 0.1) is 18.3 Å². The van der Waals surface area contributed by atoms with Crippen molar-refractivity contribution in [1.29, 1.82) is 5.26 Å². The van der Waals surface area contributed by atoms with Crippen LogP contribution in [0.2, 0.25) is 5.02 Å². The van der Waals surface area contributed by atoms with E-state index in [0.29, 0.717) is 5.02 Å². The Morgan fingerprint density at radius 3 is 2.55 bits per heavy atom. The minimum atomic E-state index is -0.796. The number of nitrogens with one attached hydrogen (secondary N) is 1. The Labute approximate surface area is 172 Å². The fourth-order valence-electron chi connectivity index (χ4n) is 2.85. The van der Waals surface area contributed by atoms with Crippen LogP contribution in [-0.4, -0.2) is 23.1 Å². The van der Waals surface area contributed by atoms with Gasteiger partial charge in [-0.3, -0.25) is 9.36 Å². The number of ether oxygens (including phenoxy) is 1. The number of aryl methyl sites for hydroxylation is 1. The van der Waals surface area contributed by atoms with Crippen LogP contribution in [-0.2, 0) is 9.53 Å². The van der Waals surface area contributed by atoms with Gasteiger partial charge < -0.3 is 14.5 Å². The first-order valence-corrected chi connectivity index (χ1v) is 9.17. The molecule has 0 aliphatic rings. The quantitative estimate of drug-likeness (QED) is 0.619. The smallest absolute Gasteiger partial charge is 0.343 e. The highest BCUT2D eigenvalue weighted by molar-refractivity contribution is 6.30. The highest BCUT2D eigenvalue weighted by Gasteiger charge is 2.26. The molecular weight excluding hydrogens is 394 g/mol. The Hall–Kier alpha value is -3.50. The van der Waals surface area contributed by atoms with Crippen LogP contribution >= 0.6 is 11.6 Å². The topological polar surface area (TPSA) is 97.3 Å². The molecule has 0 aliphatic heterocycles. The third-order valence-electron chi connectivity index (χ3n) is 4.30. The molecule has 0 saturated carbocycles. The van der Waals surface area contributed by atoms with Crippen LogP contribution in [0.1, 0.15) is 40.2 Å². The van der Waals surface area contributed by atoms with Crippen molar-refractivity contribution in [3.8, 4) is 12.0 Å². The molecule has 3 aromatic rings. The monoisotopic (exact) mass is 411 g/mol. The third kappa shape index (κ3) is 4.50. The Morgan fingerprint density at radius 2 is 1.93 bits per heavy atom. The van der Waals surface area contributed by atoms with Gasteiger partial charge in [0.1, 0.15) is 23.0 Å². The minimum absolute atomic E-state index is 0.00903. The molecule has 0 spiro atoms. The van der Waals surface area contributed by atoms with Crippen molar-refractivity contribution in [3.63, 3.8) is 0 Å². The summed E-state index contributed by atoms with van der Waals surface area (Å²) < 4.78 is 12.3. The Kier molecular flexibility index (Phi) is 6.05. The average molecular weight is 412 g/mol. The van der Waals surface area contributed by atoms with Gasteiger partial charge in [0.25, 0.3) is 5.91 Å². The standard InChI is InChI=1S/C21H18ClN3O4/c1-13(15-5-7-16(22)8-6-15)24-18(26)12-28-21(27)19-14(2)29-20(17(19)11-23)25-9-3-4-10-25/h3-10,13H,12H2,1-2H3,(H,24,26)/t13-/m1/s1. The molecule has 1 aromatic carbocycles. The number of furan rings is 1. The first-order chi connectivity index (χ1) is 13.9. The molecule has 0 radical (unpaired) electrons. The van der Waals surface area contributed by atoms with Gasteiger partial charge >= 0.3 is 5.97 Å². The maximum atomic E-state index is 12.5. The molecule has 2 heterocycles. The summed E-state index contributed by atoms with van der Waals surface area (Å²) >= 11 is 5.86. The summed E-state index contributed by atoms with van der Waals surface area (Å²) in [5, 5.41) is 12.8. The van der Waals surface area contributed by atoms with E-state index in [9.17, 15) is 14.9 Å². The first kappa shape index (κ1) is 20.2. The number of nitriles is 1. The highest BCUT2D eigenvalue weighted by Crippen LogP contribution is 2.26. The van der Waals surface area contributed by atoms with E-state index >= 15 is 0 Å². The van der Waals surface area contributed by atoms with Crippen molar-refractivity contribution in [2.45, 2.75) is 19.9 Å². The van der Waals surface area contributed by atoms with Crippen LogP contribution in [0.25, 0.3) is 5.88 Å². The molecule has 0 aliphatic carbocycles. The Bertz CT molecular complexity index is 1060. The Balaban J connectivity index is 1.66. The molecule has 3 rings (SSSR count). The lowest BCUT2D eigenvalue weighted by molar-refractivity contribution is -0.124. The molecule has 1 amide bonds. The van der Waals surface area contributed by atoms with Gasteiger partial charge in [0.2, 0.25) is 5.88 Å². The van der Waals surface area contributed by atoms with Crippen LogP contribution < -0.4 is 5.32 Å². The molecule has 0 bridgehead atoms. The van der Waals surface area contributed by atoms with E-state index < -0.39 is 18.5 Å². The van der Waals surface area contributed by atoms with E-state index in [1.54, 1.807) is 67.2 Å². The number of benzene rings is 1. The lowest BCUT2D eigenvalue weighted by Gasteiger charge is -2.14. The van der Waals surface area contributed by atoms with Gasteiger partial charge in [-0.1, -0.05) is 23.7 Å². The fourth-order valence-corrected chi connectivity index (χ4v) is 2.98. The van der Waals surface area contributed by atoms with Crippen LogP contribution in [0.3, 0.4) is 0 Å². The molecule has 148 valence electrons. The number of rotatable bonds is 6. The zero-order valence-electron chi connectivity index (χ0n) is 15.8. The number of amides is 1. The second-order valence-electron chi connectivity index (χ2n) is 6.33. The number of hydrogen-bond donors (Lipinski definition) is 1. The zero-order chi connectivity index (χ0) is 21.0. The van der Waals surface area contributed by atoms with Crippen molar-refractivity contribution >= 4 is 23.5 Å². The first-order valence-electron chi connectivity index (χ1n) is 8.79. The molecule has 2 aromatic heterocycles. The summed E-state index contributed by atoms with van der Waals surface area (Å²) in [5.74, 6) is -0.797. The summed E-state index contributed by atoms with van der Waals surface area (Å²) in [6, 6.07) is 12.3. The molecule has 0 saturated heterocycles. The predicted octanol–water partition coefficient (Wildman–Crippen LogP) is 3.94. The second kappa shape index (κ2) is 8.67. The normalized spacial score (nSPS) is 11.5. The SMILES string of the molecule is Cc1oc(-n2cccc2)c(C#N)c1C(=O)OCC(=O)N[C@H](C)c1ccc(Cl)cc1. The number of halogens is 1. The molecule has 8 heteroatoms. The predicted molar refractivity (Wildman–Crippen MR) is 106 cm³/mol. The van der Waals surface area contributed by atoms with Gasteiger partial charge in [0.15, 0.2) is 6.61 Å². The van der Waals surface area contributed by atoms with E-state index in [1.165, 1.54) is 0 Å². The van der Waals surface area contributed by atoms with E-state index in [1.807, 2.05) is 6.07 Å². The molecular formula is C21H18ClN3O4. The van der Waals surface area contributed by atoms with E-state index in [-0.39, 0.29) is 28.8 Å². The fraction of sp³-hybridized carbons (Fsp3) is 0.190. The van der Waals surface area contributed by atoms with Crippen molar-refractivity contribution in [1.82, 2.24) is 9.88 Å². The summed E-state index contributed by atoms with van der Waals surface area (Å²) in [5.41, 5.74) is 0.927. The zero-order valence-corrected chi connectivity index (χ0v) is 16.6. The largest absolute Gasteiger partial charge is 0.452 e. The number of carbonyl (C=O) groups excluding carboxylic acids is 2. The second-order valence-corrected chi connectivity index (χ2v) is 6.77. The highest BCUT2D eigenvalue weighted by atomic mass is 35.5. The Morgan fingerprint density at radius 1 is 1.28 bits per heavy atom. The summed E-state index contributed by atoms with van der Waals surface area (Å²) in [6.07, 6.45) is 3.39. The van der Waals surface area contributed by atoms with E-state index in [4.69, 9.17) is 20.8 Å². The van der Waals surface area contributed by atoms with Crippen molar-refractivity contribution in [2.24, 2.45) is 0 Å². The molecule has 1 N–H and O–H groups in total.